The molecule has 1 aromatic heterocycles. The van der Waals surface area contributed by atoms with Crippen molar-refractivity contribution < 1.29 is 13.5 Å². The first-order valence-corrected chi connectivity index (χ1v) is 6.57. The zero-order chi connectivity index (χ0) is 13.3. The van der Waals surface area contributed by atoms with Crippen molar-refractivity contribution in [3.05, 3.63) is 50.0 Å². The molecule has 0 fully saturated rings. The number of hydrogen-bond donors (Lipinski definition) is 0. The van der Waals surface area contributed by atoms with Gasteiger partial charge in [0.15, 0.2) is 5.82 Å². The summed E-state index contributed by atoms with van der Waals surface area (Å²) in [6.07, 6.45) is 1.37. The van der Waals surface area contributed by atoms with E-state index >= 15 is 0 Å². The van der Waals surface area contributed by atoms with Crippen LogP contribution in [0, 0.1) is 11.6 Å². The van der Waals surface area contributed by atoms with E-state index in [-0.39, 0.29) is 16.7 Å². The van der Waals surface area contributed by atoms with E-state index in [2.05, 4.69) is 36.8 Å². The van der Waals surface area contributed by atoms with Gasteiger partial charge in [-0.05, 0) is 44.0 Å². The normalized spacial score (nSPS) is 10.5. The van der Waals surface area contributed by atoms with Crippen LogP contribution in [-0.4, -0.2) is 4.98 Å². The first-order valence-electron chi connectivity index (χ1n) is 4.61. The summed E-state index contributed by atoms with van der Waals surface area (Å²) in [4.78, 5) is 3.75. The molecule has 2 rings (SSSR count). The Bertz CT molecular complexity index is 610. The lowest BCUT2D eigenvalue weighted by Gasteiger charge is -2.08. The van der Waals surface area contributed by atoms with Crippen LogP contribution in [0.1, 0.15) is 0 Å². The highest BCUT2D eigenvalue weighted by Crippen LogP contribution is 2.34. The maximum atomic E-state index is 13.5. The molecule has 2 aromatic rings. The van der Waals surface area contributed by atoms with E-state index in [1.165, 1.54) is 18.3 Å². The fourth-order valence-electron chi connectivity index (χ4n) is 1.16. The Hall–Kier alpha value is -0.720. The number of ether oxygens (including phenoxy) is 1. The van der Waals surface area contributed by atoms with E-state index in [1.807, 2.05) is 0 Å². The zero-order valence-electron chi connectivity index (χ0n) is 8.55. The van der Waals surface area contributed by atoms with Crippen LogP contribution in [-0.2, 0) is 0 Å². The third-order valence-corrected chi connectivity index (χ3v) is 3.30. The molecular weight excluding hydrogens is 395 g/mol. The van der Waals surface area contributed by atoms with E-state index < -0.39 is 11.6 Å². The molecule has 18 heavy (non-hydrogen) atoms. The number of hydrogen-bond acceptors (Lipinski definition) is 2. The molecule has 0 bridgehead atoms. The summed E-state index contributed by atoms with van der Waals surface area (Å²) in [5, 5.41) is -0.0570. The van der Waals surface area contributed by atoms with Crippen molar-refractivity contribution in [2.45, 2.75) is 0 Å². The SMILES string of the molecule is Fc1cc(Oc2ncc(Br)cc2F)c(Br)cc1Cl. The molecule has 0 aliphatic heterocycles. The summed E-state index contributed by atoms with van der Waals surface area (Å²) in [5.74, 6) is -1.48. The van der Waals surface area contributed by atoms with Gasteiger partial charge in [-0.25, -0.2) is 13.8 Å². The highest BCUT2D eigenvalue weighted by Gasteiger charge is 2.12. The molecule has 0 unspecified atom stereocenters. The number of aromatic nitrogens is 1. The van der Waals surface area contributed by atoms with Crippen LogP contribution in [0.15, 0.2) is 33.3 Å². The van der Waals surface area contributed by atoms with Gasteiger partial charge in [0.1, 0.15) is 11.6 Å². The van der Waals surface area contributed by atoms with Gasteiger partial charge in [0, 0.05) is 16.7 Å². The monoisotopic (exact) mass is 397 g/mol. The van der Waals surface area contributed by atoms with Gasteiger partial charge < -0.3 is 4.74 Å². The molecule has 0 aliphatic carbocycles. The average Bonchev–Trinajstić information content (AvgIpc) is 2.29. The summed E-state index contributed by atoms with van der Waals surface area (Å²) in [6.45, 7) is 0. The molecule has 94 valence electrons. The van der Waals surface area contributed by atoms with Crippen LogP contribution in [0.3, 0.4) is 0 Å². The fraction of sp³-hybridized carbons (Fsp3) is 0. The Labute approximate surface area is 123 Å². The van der Waals surface area contributed by atoms with Gasteiger partial charge in [-0.15, -0.1) is 0 Å². The molecule has 0 radical (unpaired) electrons. The van der Waals surface area contributed by atoms with Crippen molar-refractivity contribution in [1.82, 2.24) is 4.98 Å². The second-order valence-electron chi connectivity index (χ2n) is 3.24. The smallest absolute Gasteiger partial charge is 0.255 e. The van der Waals surface area contributed by atoms with E-state index in [0.717, 1.165) is 6.07 Å². The van der Waals surface area contributed by atoms with Crippen molar-refractivity contribution in [2.75, 3.05) is 0 Å². The van der Waals surface area contributed by atoms with Gasteiger partial charge in [-0.2, -0.15) is 0 Å². The van der Waals surface area contributed by atoms with E-state index in [0.29, 0.717) is 8.95 Å². The molecule has 0 saturated carbocycles. The highest BCUT2D eigenvalue weighted by atomic mass is 79.9. The molecule has 0 spiro atoms. The molecule has 0 atom stereocenters. The van der Waals surface area contributed by atoms with Crippen LogP contribution in [0.25, 0.3) is 0 Å². The molecule has 1 heterocycles. The predicted octanol–water partition coefficient (Wildman–Crippen LogP) is 5.33. The molecule has 7 heteroatoms. The lowest BCUT2D eigenvalue weighted by atomic mass is 10.3. The quantitative estimate of drug-likeness (QED) is 0.637. The van der Waals surface area contributed by atoms with Crippen molar-refractivity contribution in [3.63, 3.8) is 0 Å². The van der Waals surface area contributed by atoms with Crippen LogP contribution in [0.5, 0.6) is 11.6 Å². The van der Waals surface area contributed by atoms with Crippen LogP contribution in [0.2, 0.25) is 5.02 Å². The molecule has 0 N–H and O–H groups in total. The van der Waals surface area contributed by atoms with Crippen molar-refractivity contribution in [3.8, 4) is 11.6 Å². The molecule has 0 amide bonds. The van der Waals surface area contributed by atoms with Crippen molar-refractivity contribution in [1.29, 1.82) is 0 Å². The second kappa shape index (κ2) is 5.50. The van der Waals surface area contributed by atoms with Crippen LogP contribution < -0.4 is 4.74 Å². The Morgan fingerprint density at radius 1 is 1.11 bits per heavy atom. The van der Waals surface area contributed by atoms with Gasteiger partial charge in [0.05, 0.1) is 9.50 Å². The Kier molecular flexibility index (Phi) is 4.19. The topological polar surface area (TPSA) is 22.1 Å². The van der Waals surface area contributed by atoms with Gasteiger partial charge in [-0.1, -0.05) is 11.6 Å². The van der Waals surface area contributed by atoms with Crippen LogP contribution >= 0.6 is 43.5 Å². The largest absolute Gasteiger partial charge is 0.435 e. The van der Waals surface area contributed by atoms with Crippen LogP contribution in [0.4, 0.5) is 8.78 Å². The minimum Gasteiger partial charge on any atom is -0.435 e. The standard InChI is InChI=1S/C11H4Br2ClF2NO/c12-5-1-9(16)11(17-4-5)18-10-3-8(15)7(14)2-6(10)13/h1-4H. The van der Waals surface area contributed by atoms with Gasteiger partial charge in [0.2, 0.25) is 0 Å². The Morgan fingerprint density at radius 3 is 2.50 bits per heavy atom. The van der Waals surface area contributed by atoms with Gasteiger partial charge in [0.25, 0.3) is 5.88 Å². The molecular formula is C11H4Br2ClF2NO. The number of benzene rings is 1. The fourth-order valence-corrected chi connectivity index (χ4v) is 2.19. The predicted molar refractivity (Wildman–Crippen MR) is 71.1 cm³/mol. The van der Waals surface area contributed by atoms with E-state index in [1.54, 1.807) is 0 Å². The Balaban J connectivity index is 2.37. The zero-order valence-corrected chi connectivity index (χ0v) is 12.5. The summed E-state index contributed by atoms with van der Waals surface area (Å²) in [5.41, 5.74) is 0. The van der Waals surface area contributed by atoms with Gasteiger partial charge >= 0.3 is 0 Å². The summed E-state index contributed by atoms with van der Waals surface area (Å²) < 4.78 is 32.8. The summed E-state index contributed by atoms with van der Waals surface area (Å²) >= 11 is 11.8. The minimum absolute atomic E-state index is 0.0570. The van der Waals surface area contributed by atoms with Crippen molar-refractivity contribution in [2.24, 2.45) is 0 Å². The van der Waals surface area contributed by atoms with Crippen molar-refractivity contribution >= 4 is 43.5 Å². The number of halogens is 5. The molecule has 1 aromatic carbocycles. The van der Waals surface area contributed by atoms with E-state index in [9.17, 15) is 8.78 Å². The van der Waals surface area contributed by atoms with Gasteiger partial charge in [-0.3, -0.25) is 0 Å². The minimum atomic E-state index is -0.661. The molecule has 2 nitrogen and oxygen atoms in total. The summed E-state index contributed by atoms with van der Waals surface area (Å²) in [7, 11) is 0. The lowest BCUT2D eigenvalue weighted by molar-refractivity contribution is 0.417. The first kappa shape index (κ1) is 13.7. The number of pyridine rings is 1. The average molecular weight is 399 g/mol. The second-order valence-corrected chi connectivity index (χ2v) is 5.42. The van der Waals surface area contributed by atoms with E-state index in [4.69, 9.17) is 16.3 Å². The highest BCUT2D eigenvalue weighted by molar-refractivity contribution is 9.10. The summed E-state index contributed by atoms with van der Waals surface area (Å²) in [6, 6.07) is 3.57. The third-order valence-electron chi connectivity index (χ3n) is 1.96. The number of rotatable bonds is 2. The first-order chi connectivity index (χ1) is 8.47. The maximum Gasteiger partial charge on any atom is 0.255 e. The molecule has 0 saturated heterocycles. The maximum absolute atomic E-state index is 13.5. The Morgan fingerprint density at radius 2 is 1.83 bits per heavy atom. The molecule has 0 aliphatic rings. The lowest BCUT2D eigenvalue weighted by Crippen LogP contribution is -1.93. The third kappa shape index (κ3) is 2.99. The number of nitrogens with zero attached hydrogens (tertiary/aromatic N) is 1.